The summed E-state index contributed by atoms with van der Waals surface area (Å²) in [6.07, 6.45) is 103. The third kappa shape index (κ3) is 67.2. The molecular weight excluding hydrogens is 1020 g/mol. The molecule has 0 radical (unpaired) electrons. The van der Waals surface area contributed by atoms with E-state index in [4.69, 9.17) is 14.2 Å². The Morgan fingerprint density at radius 2 is 0.470 bits per heavy atom. The maximum absolute atomic E-state index is 12.9. The Morgan fingerprint density at radius 3 is 0.747 bits per heavy atom. The van der Waals surface area contributed by atoms with Crippen LogP contribution in [0.5, 0.6) is 0 Å². The maximum Gasteiger partial charge on any atom is 0.306 e. The molecule has 6 heteroatoms. The van der Waals surface area contributed by atoms with Gasteiger partial charge >= 0.3 is 17.9 Å². The standard InChI is InChI=1S/C77H120O6/c1-4-7-10-13-16-19-22-25-28-31-34-36-37-38-39-41-43-46-49-52-55-58-61-64-67-70-76(79)82-73-74(72-81-75(78)69-66-63-60-57-54-51-48-45-42-33-30-27-24-21-18-15-12-9-6-3)83-77(80)71-68-65-62-59-56-53-50-47-44-40-35-32-29-26-23-20-17-14-11-8-5-2/h7-8,10-11,16-21,25-30,34-36,38-40,42-43,45-47,50,52,55,74H,4-6,9,12-15,22-24,31-33,37,41,44,48-49,51,53-54,56-73H2,1-3H3/b10-7-,11-8-,19-16-,20-17-,21-18-,28-25-,29-26-,30-27-,36-34-,39-38-,40-35-,45-42-,46-43-,50-47-,55-52-. The molecule has 0 spiro atoms. The molecule has 0 amide bonds. The van der Waals surface area contributed by atoms with Crippen LogP contribution in [0.3, 0.4) is 0 Å². The highest BCUT2D eigenvalue weighted by atomic mass is 16.6. The Kier molecular flexibility index (Phi) is 64.4. The van der Waals surface area contributed by atoms with Gasteiger partial charge in [0.05, 0.1) is 0 Å². The average molecular weight is 1140 g/mol. The van der Waals surface area contributed by atoms with Crippen molar-refractivity contribution in [3.05, 3.63) is 182 Å². The van der Waals surface area contributed by atoms with Gasteiger partial charge in [0.1, 0.15) is 13.2 Å². The van der Waals surface area contributed by atoms with Crippen LogP contribution in [0, 0.1) is 0 Å². The molecule has 0 saturated heterocycles. The van der Waals surface area contributed by atoms with E-state index in [1.807, 2.05) is 0 Å². The summed E-state index contributed by atoms with van der Waals surface area (Å²) < 4.78 is 16.9. The van der Waals surface area contributed by atoms with Crippen molar-refractivity contribution in [2.24, 2.45) is 0 Å². The molecule has 0 aromatic carbocycles. The minimum Gasteiger partial charge on any atom is -0.462 e. The predicted octanol–water partition coefficient (Wildman–Crippen LogP) is 23.2. The number of unbranched alkanes of at least 4 members (excludes halogenated alkanes) is 17. The Bertz CT molecular complexity index is 1940. The lowest BCUT2D eigenvalue weighted by molar-refractivity contribution is -0.167. The van der Waals surface area contributed by atoms with Crippen LogP contribution in [0.1, 0.15) is 265 Å². The van der Waals surface area contributed by atoms with Gasteiger partial charge < -0.3 is 14.2 Å². The molecule has 0 fully saturated rings. The third-order valence-electron chi connectivity index (χ3n) is 13.4. The maximum atomic E-state index is 12.9. The predicted molar refractivity (Wildman–Crippen MR) is 361 cm³/mol. The van der Waals surface area contributed by atoms with Gasteiger partial charge in [0.2, 0.25) is 0 Å². The number of carbonyl (C=O) groups is 3. The van der Waals surface area contributed by atoms with Crippen molar-refractivity contribution in [1.82, 2.24) is 0 Å². The molecule has 0 aliphatic heterocycles. The molecule has 0 heterocycles. The van der Waals surface area contributed by atoms with E-state index in [0.29, 0.717) is 12.8 Å². The fourth-order valence-electron chi connectivity index (χ4n) is 8.46. The van der Waals surface area contributed by atoms with Crippen molar-refractivity contribution in [2.75, 3.05) is 13.2 Å². The van der Waals surface area contributed by atoms with Gasteiger partial charge in [-0.3, -0.25) is 14.4 Å². The zero-order chi connectivity index (χ0) is 59.9. The minimum atomic E-state index is -0.822. The van der Waals surface area contributed by atoms with Crippen molar-refractivity contribution in [1.29, 1.82) is 0 Å². The number of rotatable bonds is 58. The quantitative estimate of drug-likeness (QED) is 0.0261. The molecule has 464 valence electrons. The van der Waals surface area contributed by atoms with Crippen molar-refractivity contribution in [3.63, 3.8) is 0 Å². The lowest BCUT2D eigenvalue weighted by atomic mass is 10.1. The van der Waals surface area contributed by atoms with Gasteiger partial charge in [0.25, 0.3) is 0 Å². The normalized spacial score (nSPS) is 13.3. The number of hydrogen-bond donors (Lipinski definition) is 0. The molecule has 0 bridgehead atoms. The van der Waals surface area contributed by atoms with E-state index in [0.717, 1.165) is 186 Å². The first kappa shape index (κ1) is 77.5. The van der Waals surface area contributed by atoms with Gasteiger partial charge in [-0.15, -0.1) is 0 Å². The molecule has 0 saturated carbocycles. The fourth-order valence-corrected chi connectivity index (χ4v) is 8.46. The van der Waals surface area contributed by atoms with E-state index in [9.17, 15) is 14.4 Å². The van der Waals surface area contributed by atoms with Crippen molar-refractivity contribution < 1.29 is 28.6 Å². The van der Waals surface area contributed by atoms with E-state index in [2.05, 4.69) is 203 Å². The van der Waals surface area contributed by atoms with Crippen LogP contribution in [0.4, 0.5) is 0 Å². The summed E-state index contributed by atoms with van der Waals surface area (Å²) in [6, 6.07) is 0. The Hall–Kier alpha value is -5.49. The number of carbonyl (C=O) groups excluding carboxylic acids is 3. The molecule has 83 heavy (non-hydrogen) atoms. The van der Waals surface area contributed by atoms with Crippen LogP contribution >= 0.6 is 0 Å². The first-order chi connectivity index (χ1) is 41.0. The third-order valence-corrected chi connectivity index (χ3v) is 13.4. The number of ether oxygens (including phenoxy) is 3. The highest BCUT2D eigenvalue weighted by molar-refractivity contribution is 5.71. The van der Waals surface area contributed by atoms with E-state index in [1.165, 1.54) is 38.5 Å². The first-order valence-corrected chi connectivity index (χ1v) is 33.3. The Balaban J connectivity index is 4.56. The summed E-state index contributed by atoms with van der Waals surface area (Å²) >= 11 is 0. The topological polar surface area (TPSA) is 78.9 Å². The summed E-state index contributed by atoms with van der Waals surface area (Å²) in [4.78, 5) is 38.4. The first-order valence-electron chi connectivity index (χ1n) is 33.3. The summed E-state index contributed by atoms with van der Waals surface area (Å²) in [5.41, 5.74) is 0. The van der Waals surface area contributed by atoms with Crippen LogP contribution in [0.2, 0.25) is 0 Å². The van der Waals surface area contributed by atoms with Crippen LogP contribution < -0.4 is 0 Å². The average Bonchev–Trinajstić information content (AvgIpc) is 3.50. The highest BCUT2D eigenvalue weighted by Gasteiger charge is 2.19. The second-order valence-corrected chi connectivity index (χ2v) is 21.3. The second kappa shape index (κ2) is 69.0. The van der Waals surface area contributed by atoms with Gasteiger partial charge in [-0.05, 0) is 161 Å². The SMILES string of the molecule is CC/C=C\C/C=C\C/C=C\C/C=C\C/C=C\C/C=C\C/C=C\CCCCCC(=O)OCC(COC(=O)CCCCCCCC/C=C\C/C=C\C/C=C\CCCCC)OC(=O)CCCCCCC/C=C\C/C=C\C/C=C\C/C=C\C/C=C\CC. The largest absolute Gasteiger partial charge is 0.462 e. The second-order valence-electron chi connectivity index (χ2n) is 21.3. The summed E-state index contributed by atoms with van der Waals surface area (Å²) in [7, 11) is 0. The lowest BCUT2D eigenvalue weighted by Crippen LogP contribution is -2.30. The number of esters is 3. The monoisotopic (exact) mass is 1140 g/mol. The summed E-state index contributed by atoms with van der Waals surface area (Å²) in [5.74, 6) is -0.982. The van der Waals surface area contributed by atoms with Gasteiger partial charge in [-0.2, -0.15) is 0 Å². The zero-order valence-corrected chi connectivity index (χ0v) is 53.1. The summed E-state index contributed by atoms with van der Waals surface area (Å²) in [5, 5.41) is 0. The van der Waals surface area contributed by atoms with Gasteiger partial charge in [-0.1, -0.05) is 267 Å². The van der Waals surface area contributed by atoms with E-state index >= 15 is 0 Å². The van der Waals surface area contributed by atoms with Crippen molar-refractivity contribution in [2.45, 2.75) is 271 Å². The van der Waals surface area contributed by atoms with E-state index in [-0.39, 0.29) is 37.5 Å². The Labute approximate surface area is 510 Å². The van der Waals surface area contributed by atoms with Crippen LogP contribution in [0.15, 0.2) is 182 Å². The molecule has 0 aromatic rings. The number of hydrogen-bond acceptors (Lipinski definition) is 6. The zero-order valence-electron chi connectivity index (χ0n) is 53.1. The van der Waals surface area contributed by atoms with Crippen molar-refractivity contribution >= 4 is 17.9 Å². The molecule has 1 atom stereocenters. The highest BCUT2D eigenvalue weighted by Crippen LogP contribution is 2.13. The smallest absolute Gasteiger partial charge is 0.306 e. The molecule has 6 nitrogen and oxygen atoms in total. The van der Waals surface area contributed by atoms with E-state index < -0.39 is 6.10 Å². The van der Waals surface area contributed by atoms with E-state index in [1.54, 1.807) is 0 Å². The van der Waals surface area contributed by atoms with Crippen LogP contribution in [-0.2, 0) is 28.6 Å². The molecule has 1 unspecified atom stereocenters. The molecule has 0 rings (SSSR count). The fraction of sp³-hybridized carbons (Fsp3) is 0.571. The van der Waals surface area contributed by atoms with Gasteiger partial charge in [-0.25, -0.2) is 0 Å². The molecule has 0 aliphatic rings. The van der Waals surface area contributed by atoms with Gasteiger partial charge in [0.15, 0.2) is 6.10 Å². The Morgan fingerprint density at radius 1 is 0.253 bits per heavy atom. The molecule has 0 aromatic heterocycles. The van der Waals surface area contributed by atoms with Crippen molar-refractivity contribution in [3.8, 4) is 0 Å². The van der Waals surface area contributed by atoms with Crippen LogP contribution in [0.25, 0.3) is 0 Å². The van der Waals surface area contributed by atoms with Crippen LogP contribution in [-0.4, -0.2) is 37.2 Å². The van der Waals surface area contributed by atoms with Gasteiger partial charge in [0, 0.05) is 19.3 Å². The molecule has 0 aliphatic carbocycles. The summed E-state index contributed by atoms with van der Waals surface area (Å²) in [6.45, 7) is 6.33. The number of allylic oxidation sites excluding steroid dienone is 30. The molecular formula is C77H120O6. The minimum absolute atomic E-state index is 0.113. The lowest BCUT2D eigenvalue weighted by Gasteiger charge is -2.18. The molecule has 0 N–H and O–H groups in total.